The van der Waals surface area contributed by atoms with Gasteiger partial charge in [0, 0.05) is 36.7 Å². The predicted octanol–water partition coefficient (Wildman–Crippen LogP) is 8.01. The lowest BCUT2D eigenvalue weighted by Gasteiger charge is -1.89. The normalized spacial score (nSPS) is 7.90. The summed E-state index contributed by atoms with van der Waals surface area (Å²) in [6, 6.07) is 14.1. The monoisotopic (exact) mass is 411 g/mol. The minimum atomic E-state index is 1.03. The Morgan fingerprint density at radius 1 is 0.533 bits per heavy atom. The van der Waals surface area contributed by atoms with Gasteiger partial charge in [-0.3, -0.25) is 15.0 Å². The Morgan fingerprint density at radius 3 is 1.43 bits per heavy atom. The van der Waals surface area contributed by atoms with E-state index in [0.29, 0.717) is 0 Å². The molecule has 0 N–H and O–H groups in total. The number of pyridine rings is 3. The zero-order chi connectivity index (χ0) is 23.5. The number of aromatic nitrogens is 3. The van der Waals surface area contributed by atoms with Crippen molar-refractivity contribution in [3.63, 3.8) is 0 Å². The second-order valence-corrected chi connectivity index (χ2v) is 5.10. The Balaban J connectivity index is -0.000000323. The van der Waals surface area contributed by atoms with Crippen molar-refractivity contribution in [3.8, 4) is 0 Å². The van der Waals surface area contributed by atoms with Crippen molar-refractivity contribution in [2.75, 3.05) is 0 Å². The Bertz CT molecular complexity index is 532. The van der Waals surface area contributed by atoms with Crippen molar-refractivity contribution in [1.29, 1.82) is 0 Å². The zero-order valence-corrected chi connectivity index (χ0v) is 20.9. The van der Waals surface area contributed by atoms with Crippen molar-refractivity contribution in [3.05, 3.63) is 90.3 Å². The number of hydrogen-bond acceptors (Lipinski definition) is 3. The van der Waals surface area contributed by atoms with Crippen molar-refractivity contribution in [2.24, 2.45) is 0 Å². The molecule has 3 aromatic rings. The maximum atomic E-state index is 4.10. The van der Waals surface area contributed by atoms with E-state index in [2.05, 4.69) is 41.8 Å². The number of hydrogen-bond donors (Lipinski definition) is 0. The molecular weight excluding hydrogens is 366 g/mol. The molecular formula is C27H45N3. The molecule has 0 aliphatic carbocycles. The molecule has 0 saturated heterocycles. The fourth-order valence-corrected chi connectivity index (χ4v) is 1.83. The second kappa shape index (κ2) is 28.7. The van der Waals surface area contributed by atoms with Crippen LogP contribution in [0.2, 0.25) is 0 Å². The molecule has 0 fully saturated rings. The molecule has 0 unspecified atom stereocenters. The molecule has 0 atom stereocenters. The fraction of sp³-hybridized carbons (Fsp3) is 0.444. The highest BCUT2D eigenvalue weighted by molar-refractivity contribution is 5.08. The third kappa shape index (κ3) is 20.2. The number of aryl methyl sites for hydroxylation is 3. The second-order valence-electron chi connectivity index (χ2n) is 5.10. The lowest BCUT2D eigenvalue weighted by atomic mass is 10.2. The Morgan fingerprint density at radius 2 is 1.13 bits per heavy atom. The first-order valence-electron chi connectivity index (χ1n) is 11.5. The molecule has 0 aliphatic heterocycles. The van der Waals surface area contributed by atoms with Crippen molar-refractivity contribution < 1.29 is 0 Å². The van der Waals surface area contributed by atoms with Gasteiger partial charge in [0.05, 0.1) is 0 Å². The molecule has 3 aromatic heterocycles. The van der Waals surface area contributed by atoms with E-state index in [-0.39, 0.29) is 0 Å². The van der Waals surface area contributed by atoms with Crippen LogP contribution in [-0.2, 0) is 19.3 Å². The van der Waals surface area contributed by atoms with Crippen LogP contribution in [0.3, 0.4) is 0 Å². The molecule has 0 spiro atoms. The van der Waals surface area contributed by atoms with Gasteiger partial charge >= 0.3 is 0 Å². The maximum Gasteiger partial charge on any atom is 0.0400 e. The minimum absolute atomic E-state index is 1.03. The Hall–Kier alpha value is -2.55. The van der Waals surface area contributed by atoms with Gasteiger partial charge in [-0.25, -0.2) is 0 Å². The quantitative estimate of drug-likeness (QED) is 0.438. The van der Waals surface area contributed by atoms with Crippen molar-refractivity contribution in [1.82, 2.24) is 15.0 Å². The Kier molecular flexibility index (Phi) is 30.7. The minimum Gasteiger partial charge on any atom is -0.265 e. The highest BCUT2D eigenvalue weighted by Crippen LogP contribution is 1.95. The molecule has 3 heterocycles. The first-order valence-corrected chi connectivity index (χ1v) is 11.5. The smallest absolute Gasteiger partial charge is 0.0400 e. The van der Waals surface area contributed by atoms with Gasteiger partial charge in [-0.2, -0.15) is 0 Å². The van der Waals surface area contributed by atoms with Crippen LogP contribution in [0.15, 0.2) is 73.4 Å². The van der Waals surface area contributed by atoms with E-state index >= 15 is 0 Å². The number of rotatable bonds is 3. The van der Waals surface area contributed by atoms with E-state index in [1.165, 1.54) is 11.1 Å². The van der Waals surface area contributed by atoms with Gasteiger partial charge in [-0.15, -0.1) is 0 Å². The van der Waals surface area contributed by atoms with E-state index in [1.807, 2.05) is 103 Å². The van der Waals surface area contributed by atoms with E-state index in [0.717, 1.165) is 25.0 Å². The topological polar surface area (TPSA) is 38.7 Å². The standard InChI is InChI=1S/3C7H9N.3C2H6/c1-2-7-3-5-8-6-4-7;1-2-7-4-3-5-8-6-7;1-2-7-5-3-4-6-8-7;3*1-2/h3*3-6H,2H2,1H3;3*1-2H3. The van der Waals surface area contributed by atoms with Crippen LogP contribution in [0.1, 0.15) is 79.1 Å². The highest BCUT2D eigenvalue weighted by atomic mass is 14.7. The summed E-state index contributed by atoms with van der Waals surface area (Å²) in [7, 11) is 0. The fourth-order valence-electron chi connectivity index (χ4n) is 1.83. The van der Waals surface area contributed by atoms with Gasteiger partial charge in [-0.1, -0.05) is 74.4 Å². The third-order valence-corrected chi connectivity index (χ3v) is 3.38. The number of nitrogens with zero attached hydrogens (tertiary/aromatic N) is 3. The molecule has 168 valence electrons. The van der Waals surface area contributed by atoms with Crippen molar-refractivity contribution >= 4 is 0 Å². The zero-order valence-electron chi connectivity index (χ0n) is 20.9. The van der Waals surface area contributed by atoms with Crippen LogP contribution in [0.4, 0.5) is 0 Å². The average Bonchev–Trinajstić information content (AvgIpc) is 2.90. The van der Waals surface area contributed by atoms with Crippen molar-refractivity contribution in [2.45, 2.75) is 81.6 Å². The summed E-state index contributed by atoms with van der Waals surface area (Å²) >= 11 is 0. The van der Waals surface area contributed by atoms with Gasteiger partial charge in [0.2, 0.25) is 0 Å². The molecule has 0 bridgehead atoms. The SMILES string of the molecule is CC.CC.CC.CCc1ccccn1.CCc1cccnc1.CCc1ccncc1. The lowest BCUT2D eigenvalue weighted by Crippen LogP contribution is -1.81. The van der Waals surface area contributed by atoms with Crippen LogP contribution in [0, 0.1) is 0 Å². The summed E-state index contributed by atoms with van der Waals surface area (Å²) in [5.41, 5.74) is 3.81. The van der Waals surface area contributed by atoms with Gasteiger partial charge in [0.1, 0.15) is 0 Å². The van der Waals surface area contributed by atoms with Gasteiger partial charge < -0.3 is 0 Å². The summed E-state index contributed by atoms with van der Waals surface area (Å²) in [4.78, 5) is 11.9. The third-order valence-electron chi connectivity index (χ3n) is 3.38. The molecule has 0 saturated carbocycles. The van der Waals surface area contributed by atoms with Crippen LogP contribution < -0.4 is 0 Å². The first kappa shape index (κ1) is 32.1. The van der Waals surface area contributed by atoms with E-state index in [1.54, 1.807) is 6.20 Å². The highest BCUT2D eigenvalue weighted by Gasteiger charge is 1.82. The van der Waals surface area contributed by atoms with E-state index in [9.17, 15) is 0 Å². The van der Waals surface area contributed by atoms with Gasteiger partial charge in [-0.05, 0) is 60.7 Å². The van der Waals surface area contributed by atoms with Crippen LogP contribution >= 0.6 is 0 Å². The predicted molar refractivity (Wildman–Crippen MR) is 135 cm³/mol. The average molecular weight is 412 g/mol. The maximum absolute atomic E-state index is 4.10. The van der Waals surface area contributed by atoms with Crippen LogP contribution in [-0.4, -0.2) is 15.0 Å². The van der Waals surface area contributed by atoms with E-state index in [4.69, 9.17) is 0 Å². The molecule has 0 aromatic carbocycles. The molecule has 3 rings (SSSR count). The summed E-state index contributed by atoms with van der Waals surface area (Å²) in [5, 5.41) is 0. The molecule has 3 heteroatoms. The lowest BCUT2D eigenvalue weighted by molar-refractivity contribution is 1.04. The largest absolute Gasteiger partial charge is 0.265 e. The Labute approximate surface area is 187 Å². The van der Waals surface area contributed by atoms with Gasteiger partial charge in [0.25, 0.3) is 0 Å². The van der Waals surface area contributed by atoms with E-state index < -0.39 is 0 Å². The molecule has 3 nitrogen and oxygen atoms in total. The van der Waals surface area contributed by atoms with Gasteiger partial charge in [0.15, 0.2) is 0 Å². The molecule has 0 aliphatic rings. The van der Waals surface area contributed by atoms with Crippen LogP contribution in [0.5, 0.6) is 0 Å². The van der Waals surface area contributed by atoms with Crippen LogP contribution in [0.25, 0.3) is 0 Å². The summed E-state index contributed by atoms with van der Waals surface area (Å²) < 4.78 is 0. The summed E-state index contributed by atoms with van der Waals surface area (Å²) in [6.07, 6.45) is 12.3. The molecule has 0 radical (unpaired) electrons. The first-order chi connectivity index (χ1) is 14.8. The summed E-state index contributed by atoms with van der Waals surface area (Å²) in [6.45, 7) is 18.4. The molecule has 0 amide bonds. The summed E-state index contributed by atoms with van der Waals surface area (Å²) in [5.74, 6) is 0. The molecule has 30 heavy (non-hydrogen) atoms.